The van der Waals surface area contributed by atoms with Crippen LogP contribution >= 0.6 is 12.4 Å². The minimum Gasteiger partial charge on any atom is -0.352 e. The summed E-state index contributed by atoms with van der Waals surface area (Å²) >= 11 is 0. The van der Waals surface area contributed by atoms with Crippen molar-refractivity contribution in [3.8, 4) is 0 Å². The van der Waals surface area contributed by atoms with Gasteiger partial charge >= 0.3 is 6.03 Å². The van der Waals surface area contributed by atoms with Crippen molar-refractivity contribution in [3.05, 3.63) is 35.4 Å². The Kier molecular flexibility index (Phi) is 6.67. The molecule has 2 bridgehead atoms. The lowest BCUT2D eigenvalue weighted by molar-refractivity contribution is 0.0756. The van der Waals surface area contributed by atoms with Gasteiger partial charge < -0.3 is 22.1 Å². The summed E-state index contributed by atoms with van der Waals surface area (Å²) in [6.07, 6.45) is 5.59. The van der Waals surface area contributed by atoms with Crippen molar-refractivity contribution in [3.63, 3.8) is 0 Å². The van der Waals surface area contributed by atoms with Gasteiger partial charge in [-0.25, -0.2) is 4.79 Å². The molecule has 2 fully saturated rings. The molecule has 6 nitrogen and oxygen atoms in total. The van der Waals surface area contributed by atoms with Crippen LogP contribution in [0.25, 0.3) is 0 Å². The number of nitrogens with one attached hydrogen (secondary N) is 2. The maximum atomic E-state index is 12.6. The van der Waals surface area contributed by atoms with Gasteiger partial charge in [0.05, 0.1) is 0 Å². The largest absolute Gasteiger partial charge is 0.352 e. The maximum absolute atomic E-state index is 12.6. The number of fused-ring (bicyclic) bond motifs is 2. The number of urea groups is 1. The molecule has 0 saturated heterocycles. The summed E-state index contributed by atoms with van der Waals surface area (Å²) in [5.41, 5.74) is 12.8. The first kappa shape index (κ1) is 19.5. The molecule has 2 aliphatic carbocycles. The zero-order valence-electron chi connectivity index (χ0n) is 14.2. The van der Waals surface area contributed by atoms with Crippen LogP contribution in [-0.4, -0.2) is 24.0 Å². The van der Waals surface area contributed by atoms with Gasteiger partial charge in [-0.2, -0.15) is 0 Å². The highest BCUT2D eigenvalue weighted by Gasteiger charge is 2.39. The lowest BCUT2D eigenvalue weighted by Gasteiger charge is -2.45. The summed E-state index contributed by atoms with van der Waals surface area (Å²) in [6, 6.07) is 7.23. The lowest BCUT2D eigenvalue weighted by atomic mass is 9.67. The van der Waals surface area contributed by atoms with E-state index in [-0.39, 0.29) is 30.4 Å². The summed E-state index contributed by atoms with van der Waals surface area (Å²) < 4.78 is 0. The topological polar surface area (TPSA) is 110 Å². The first-order valence-corrected chi connectivity index (χ1v) is 8.71. The molecule has 3 amide bonds. The number of hydrogen-bond donors (Lipinski definition) is 4. The van der Waals surface area contributed by atoms with E-state index < -0.39 is 6.03 Å². The first-order valence-electron chi connectivity index (χ1n) is 8.71. The van der Waals surface area contributed by atoms with E-state index in [0.29, 0.717) is 23.9 Å². The van der Waals surface area contributed by atoms with Gasteiger partial charge in [-0.05, 0) is 55.2 Å². The Labute approximate surface area is 154 Å². The summed E-state index contributed by atoms with van der Waals surface area (Å²) in [7, 11) is 0. The van der Waals surface area contributed by atoms with E-state index in [1.54, 1.807) is 12.1 Å². The van der Waals surface area contributed by atoms with E-state index in [0.717, 1.165) is 31.2 Å². The van der Waals surface area contributed by atoms with Gasteiger partial charge in [-0.15, -0.1) is 12.4 Å². The second kappa shape index (κ2) is 8.54. The lowest BCUT2D eigenvalue weighted by Crippen LogP contribution is -2.53. The fraction of sp³-hybridized carbons (Fsp3) is 0.556. The number of rotatable bonds is 4. The Morgan fingerprint density at radius 3 is 2.24 bits per heavy atom. The third kappa shape index (κ3) is 4.86. The van der Waals surface area contributed by atoms with Gasteiger partial charge in [0.2, 0.25) is 0 Å². The molecule has 2 atom stereocenters. The average Bonchev–Trinajstić information content (AvgIpc) is 2.54. The van der Waals surface area contributed by atoms with Gasteiger partial charge in [0.1, 0.15) is 0 Å². The molecule has 7 heteroatoms. The third-order valence-electron chi connectivity index (χ3n) is 5.36. The van der Waals surface area contributed by atoms with E-state index in [4.69, 9.17) is 11.5 Å². The van der Waals surface area contributed by atoms with Gasteiger partial charge in [-0.1, -0.05) is 18.6 Å². The standard InChI is InChI=1S/C18H26N4O2.ClH/c19-15-8-13-2-1-3-14(9-15)16(13)22-17(23)12-6-4-11(5-7-12)10-21-18(20)24;/h4-7,13-16H,1-3,8-10,19H2,(H,22,23)(H3,20,21,24);1H. The highest BCUT2D eigenvalue weighted by molar-refractivity contribution is 5.94. The minimum absolute atomic E-state index is 0. The predicted molar refractivity (Wildman–Crippen MR) is 99.4 cm³/mol. The van der Waals surface area contributed by atoms with Crippen LogP contribution in [0.3, 0.4) is 0 Å². The van der Waals surface area contributed by atoms with E-state index in [2.05, 4.69) is 10.6 Å². The van der Waals surface area contributed by atoms with Crippen molar-refractivity contribution in [2.24, 2.45) is 23.3 Å². The van der Waals surface area contributed by atoms with Gasteiger partial charge in [0.15, 0.2) is 0 Å². The highest BCUT2D eigenvalue weighted by atomic mass is 35.5. The Morgan fingerprint density at radius 2 is 1.68 bits per heavy atom. The van der Waals surface area contributed by atoms with Crippen molar-refractivity contribution >= 4 is 24.3 Å². The molecule has 2 aliphatic rings. The van der Waals surface area contributed by atoms with Crippen LogP contribution in [0.15, 0.2) is 24.3 Å². The summed E-state index contributed by atoms with van der Waals surface area (Å²) in [5, 5.41) is 5.78. The SMILES string of the molecule is Cl.NC(=O)NCc1ccc(C(=O)NC2C3CCCC2CC(N)C3)cc1. The smallest absolute Gasteiger partial charge is 0.312 e. The molecule has 2 unspecified atom stereocenters. The maximum Gasteiger partial charge on any atom is 0.312 e. The molecule has 6 N–H and O–H groups in total. The van der Waals surface area contributed by atoms with Crippen LogP contribution in [-0.2, 0) is 6.54 Å². The number of benzene rings is 1. The first-order chi connectivity index (χ1) is 11.5. The van der Waals surface area contributed by atoms with E-state index in [9.17, 15) is 9.59 Å². The molecular formula is C18H27ClN4O2. The number of primary amides is 1. The second-order valence-electron chi connectivity index (χ2n) is 7.10. The minimum atomic E-state index is -0.557. The van der Waals surface area contributed by atoms with Crippen molar-refractivity contribution in [1.29, 1.82) is 0 Å². The van der Waals surface area contributed by atoms with Gasteiger partial charge in [-0.3, -0.25) is 4.79 Å². The molecule has 2 saturated carbocycles. The molecule has 0 aromatic heterocycles. The Hall–Kier alpha value is -1.79. The molecule has 138 valence electrons. The number of amides is 3. The van der Waals surface area contributed by atoms with E-state index in [1.807, 2.05) is 12.1 Å². The highest BCUT2D eigenvalue weighted by Crippen LogP contribution is 2.39. The zero-order valence-corrected chi connectivity index (χ0v) is 15.1. The molecule has 3 rings (SSSR count). The molecule has 0 aliphatic heterocycles. The van der Waals surface area contributed by atoms with Crippen LogP contribution in [0.4, 0.5) is 4.79 Å². The molecule has 0 spiro atoms. The summed E-state index contributed by atoms with van der Waals surface area (Å²) in [5.74, 6) is 0.993. The number of carbonyl (C=O) groups is 2. The molecule has 0 heterocycles. The fourth-order valence-electron chi connectivity index (χ4n) is 4.22. The average molecular weight is 367 g/mol. The predicted octanol–water partition coefficient (Wildman–Crippen LogP) is 1.91. The molecule has 25 heavy (non-hydrogen) atoms. The quantitative estimate of drug-likeness (QED) is 0.653. The van der Waals surface area contributed by atoms with Crippen LogP contribution in [0, 0.1) is 11.8 Å². The monoisotopic (exact) mass is 366 g/mol. The number of carbonyl (C=O) groups excluding carboxylic acids is 2. The number of hydrogen-bond acceptors (Lipinski definition) is 3. The molecule has 0 radical (unpaired) electrons. The van der Waals surface area contributed by atoms with Gasteiger partial charge in [0, 0.05) is 24.2 Å². The zero-order chi connectivity index (χ0) is 17.1. The van der Waals surface area contributed by atoms with Crippen LogP contribution in [0.2, 0.25) is 0 Å². The Balaban J connectivity index is 0.00000225. The van der Waals surface area contributed by atoms with Crippen molar-refractivity contribution < 1.29 is 9.59 Å². The molecule has 1 aromatic rings. The summed E-state index contributed by atoms with van der Waals surface area (Å²) in [4.78, 5) is 23.3. The van der Waals surface area contributed by atoms with E-state index >= 15 is 0 Å². The second-order valence-corrected chi connectivity index (χ2v) is 7.10. The van der Waals surface area contributed by atoms with Crippen molar-refractivity contribution in [1.82, 2.24) is 10.6 Å². The molecule has 1 aromatic carbocycles. The van der Waals surface area contributed by atoms with E-state index in [1.165, 1.54) is 6.42 Å². The van der Waals surface area contributed by atoms with Crippen LogP contribution < -0.4 is 22.1 Å². The normalized spacial score (nSPS) is 27.7. The fourth-order valence-corrected chi connectivity index (χ4v) is 4.22. The summed E-state index contributed by atoms with van der Waals surface area (Å²) in [6.45, 7) is 0.363. The van der Waals surface area contributed by atoms with Gasteiger partial charge in [0.25, 0.3) is 5.91 Å². The Morgan fingerprint density at radius 1 is 1.08 bits per heavy atom. The number of nitrogens with two attached hydrogens (primary N) is 2. The van der Waals surface area contributed by atoms with Crippen molar-refractivity contribution in [2.45, 2.75) is 50.7 Å². The van der Waals surface area contributed by atoms with Crippen LogP contribution in [0.5, 0.6) is 0 Å². The number of halogens is 1. The van der Waals surface area contributed by atoms with Crippen molar-refractivity contribution in [2.75, 3.05) is 0 Å². The molecular weight excluding hydrogens is 340 g/mol. The Bertz CT molecular complexity index is 594. The van der Waals surface area contributed by atoms with Crippen LogP contribution in [0.1, 0.15) is 48.0 Å². The third-order valence-corrected chi connectivity index (χ3v) is 5.36.